The number of non-ortho nitro benzene ring substituents is 1. The first-order chi connectivity index (χ1) is 9.67. The Bertz CT molecular complexity index is 664. The Morgan fingerprint density at radius 1 is 1.55 bits per heavy atom. The molecule has 2 rings (SSSR count). The van der Waals surface area contributed by atoms with Gasteiger partial charge in [-0.05, 0) is 11.3 Å². The highest BCUT2D eigenvalue weighted by Crippen LogP contribution is 2.24. The number of nitrogens with two attached hydrogens (primary N) is 1. The molecule has 0 unspecified atom stereocenters. The highest BCUT2D eigenvalue weighted by molar-refractivity contribution is 6.04. The van der Waals surface area contributed by atoms with E-state index in [9.17, 15) is 10.1 Å². The van der Waals surface area contributed by atoms with Crippen LogP contribution in [0.15, 0.2) is 28.4 Å². The Morgan fingerprint density at radius 3 is 2.90 bits per heavy atom. The maximum absolute atomic E-state index is 10.8. The third-order valence-electron chi connectivity index (χ3n) is 2.37. The summed E-state index contributed by atoms with van der Waals surface area (Å²) in [7, 11) is 0. The zero-order valence-electron chi connectivity index (χ0n) is 10.0. The first-order valence-electron chi connectivity index (χ1n) is 5.19. The second kappa shape index (κ2) is 5.51. The second-order valence-corrected chi connectivity index (χ2v) is 3.47. The van der Waals surface area contributed by atoms with Gasteiger partial charge in [-0.1, -0.05) is 0 Å². The maximum Gasteiger partial charge on any atom is 0.270 e. The lowest BCUT2D eigenvalue weighted by Gasteiger charge is -2.08. The summed E-state index contributed by atoms with van der Waals surface area (Å²) in [5.74, 6) is 5.57. The van der Waals surface area contributed by atoms with Crippen molar-refractivity contribution in [3.8, 4) is 11.4 Å². The molecule has 0 radical (unpaired) electrons. The average molecular weight is 275 g/mol. The second-order valence-electron chi connectivity index (χ2n) is 3.47. The van der Waals surface area contributed by atoms with Gasteiger partial charge in [-0.2, -0.15) is 15.4 Å². The minimum absolute atomic E-state index is 0.0866. The van der Waals surface area contributed by atoms with E-state index in [0.717, 1.165) is 0 Å². The number of nitrogens with zero attached hydrogens (tertiary/aromatic N) is 6. The molecule has 4 N–H and O–H groups in total. The number of benzene rings is 1. The van der Waals surface area contributed by atoms with E-state index in [2.05, 4.69) is 43.0 Å². The maximum atomic E-state index is 10.8. The van der Waals surface area contributed by atoms with Crippen LogP contribution in [0.1, 0.15) is 5.56 Å². The number of aromatic amines is 1. The number of nitro groups is 1. The lowest BCUT2D eigenvalue weighted by molar-refractivity contribution is -0.384. The number of rotatable bonds is 4. The molecule has 0 aliphatic rings. The van der Waals surface area contributed by atoms with E-state index in [0.29, 0.717) is 11.1 Å². The van der Waals surface area contributed by atoms with Crippen LogP contribution in [0, 0.1) is 10.1 Å². The van der Waals surface area contributed by atoms with Gasteiger partial charge in [0.05, 0.1) is 4.92 Å². The molecule has 1 heterocycles. The van der Waals surface area contributed by atoms with E-state index in [1.165, 1.54) is 18.2 Å². The largest absolute Gasteiger partial charge is 0.321 e. The van der Waals surface area contributed by atoms with Crippen LogP contribution in [0.4, 0.5) is 5.69 Å². The summed E-state index contributed by atoms with van der Waals surface area (Å²) in [5.41, 5.74) is 3.06. The summed E-state index contributed by atoms with van der Waals surface area (Å²) < 4.78 is 0. The van der Waals surface area contributed by atoms with Gasteiger partial charge in [-0.3, -0.25) is 15.5 Å². The number of nitrogens with one attached hydrogen (secondary N) is 2. The van der Waals surface area contributed by atoms with Gasteiger partial charge in [0.1, 0.15) is 0 Å². The Labute approximate surface area is 111 Å². The lowest BCUT2D eigenvalue weighted by atomic mass is 10.1. The van der Waals surface area contributed by atoms with Crippen molar-refractivity contribution >= 4 is 18.2 Å². The standard InChI is InChI=1S/C9H9N9O2/c1-11-13-8(12-10)7-4-5(18(19)20)2-3-6(7)9-14-16-17-15-9/h2-4H,1,10H2,(H,12,13)(H,14,15,16,17). The molecule has 0 saturated heterocycles. The Morgan fingerprint density at radius 2 is 2.35 bits per heavy atom. The summed E-state index contributed by atoms with van der Waals surface area (Å²) in [6.45, 7) is 3.24. The van der Waals surface area contributed by atoms with E-state index in [1.807, 2.05) is 0 Å². The average Bonchev–Trinajstić information content (AvgIpc) is 2.98. The van der Waals surface area contributed by atoms with E-state index < -0.39 is 4.92 Å². The number of hydrogen-bond donors (Lipinski definition) is 3. The highest BCUT2D eigenvalue weighted by atomic mass is 16.6. The molecule has 0 aliphatic heterocycles. The number of amidine groups is 1. The summed E-state index contributed by atoms with van der Waals surface area (Å²) in [6, 6.07) is 4.05. The number of aromatic nitrogens is 4. The van der Waals surface area contributed by atoms with Crippen LogP contribution in [0.3, 0.4) is 0 Å². The molecule has 2 aromatic rings. The summed E-state index contributed by atoms with van der Waals surface area (Å²) in [4.78, 5) is 10.3. The number of tetrazole rings is 1. The van der Waals surface area contributed by atoms with Crippen LogP contribution < -0.4 is 11.3 Å². The summed E-state index contributed by atoms with van der Waals surface area (Å²) in [5, 5.41) is 31.1. The minimum Gasteiger partial charge on any atom is -0.321 e. The van der Waals surface area contributed by atoms with Crippen LogP contribution in [0.5, 0.6) is 0 Å². The molecule has 0 bridgehead atoms. The fraction of sp³-hybridized carbons (Fsp3) is 0. The van der Waals surface area contributed by atoms with Gasteiger partial charge in [0.15, 0.2) is 5.84 Å². The van der Waals surface area contributed by atoms with Gasteiger partial charge >= 0.3 is 0 Å². The Kier molecular flexibility index (Phi) is 3.60. The van der Waals surface area contributed by atoms with Crippen molar-refractivity contribution in [2.75, 3.05) is 0 Å². The van der Waals surface area contributed by atoms with Gasteiger partial charge in [0, 0.05) is 30.0 Å². The molecule has 0 atom stereocenters. The van der Waals surface area contributed by atoms with Gasteiger partial charge in [-0.25, -0.2) is 0 Å². The number of nitro benzene ring substituents is 1. The Hall–Kier alpha value is -3.37. The molecular formula is C9H9N9O2. The van der Waals surface area contributed by atoms with Crippen molar-refractivity contribution in [2.24, 2.45) is 16.0 Å². The van der Waals surface area contributed by atoms with Gasteiger partial charge in [-0.15, -0.1) is 10.2 Å². The first kappa shape index (κ1) is 13.1. The predicted molar refractivity (Wildman–Crippen MR) is 69.7 cm³/mol. The molecule has 102 valence electrons. The lowest BCUT2D eigenvalue weighted by Crippen LogP contribution is -2.21. The summed E-state index contributed by atoms with van der Waals surface area (Å²) >= 11 is 0. The molecular weight excluding hydrogens is 266 g/mol. The molecule has 0 amide bonds. The smallest absolute Gasteiger partial charge is 0.270 e. The van der Waals surface area contributed by atoms with Crippen molar-refractivity contribution < 1.29 is 4.92 Å². The predicted octanol–water partition coefficient (Wildman–Crippen LogP) is -0.400. The van der Waals surface area contributed by atoms with Gasteiger partial charge in [0.2, 0.25) is 5.82 Å². The number of H-pyrrole nitrogens is 1. The monoisotopic (exact) mass is 275 g/mol. The quantitative estimate of drug-likeness (QED) is 0.225. The zero-order chi connectivity index (χ0) is 14.5. The van der Waals surface area contributed by atoms with Crippen molar-refractivity contribution in [1.29, 1.82) is 0 Å². The van der Waals surface area contributed by atoms with E-state index in [-0.39, 0.29) is 17.3 Å². The zero-order valence-corrected chi connectivity index (χ0v) is 10.0. The molecule has 11 heteroatoms. The first-order valence-corrected chi connectivity index (χ1v) is 5.19. The fourth-order valence-corrected chi connectivity index (χ4v) is 1.55. The third kappa shape index (κ3) is 2.40. The molecule has 1 aromatic carbocycles. The molecule has 11 nitrogen and oxygen atoms in total. The molecule has 0 spiro atoms. The van der Waals surface area contributed by atoms with Crippen molar-refractivity contribution in [3.63, 3.8) is 0 Å². The summed E-state index contributed by atoms with van der Waals surface area (Å²) in [6.07, 6.45) is 0. The van der Waals surface area contributed by atoms with Crippen LogP contribution in [0.2, 0.25) is 0 Å². The Balaban J connectivity index is 2.62. The van der Waals surface area contributed by atoms with Crippen LogP contribution in [-0.2, 0) is 0 Å². The minimum atomic E-state index is -0.543. The number of hydrogen-bond acceptors (Lipinski definition) is 8. The molecule has 0 saturated carbocycles. The normalized spacial score (nSPS) is 11.1. The molecule has 0 aliphatic carbocycles. The van der Waals surface area contributed by atoms with Crippen molar-refractivity contribution in [2.45, 2.75) is 0 Å². The number of hydrazone groups is 2. The van der Waals surface area contributed by atoms with Gasteiger partial charge in [0.25, 0.3) is 5.69 Å². The topological polar surface area (TPSA) is 160 Å². The van der Waals surface area contributed by atoms with Crippen LogP contribution in [0.25, 0.3) is 11.4 Å². The van der Waals surface area contributed by atoms with E-state index in [4.69, 9.17) is 5.84 Å². The van der Waals surface area contributed by atoms with Gasteiger partial charge < -0.3 is 5.84 Å². The highest BCUT2D eigenvalue weighted by Gasteiger charge is 2.18. The van der Waals surface area contributed by atoms with E-state index in [1.54, 1.807) is 0 Å². The van der Waals surface area contributed by atoms with Crippen LogP contribution in [-0.4, -0.2) is 38.1 Å². The third-order valence-corrected chi connectivity index (χ3v) is 2.37. The fourth-order valence-electron chi connectivity index (χ4n) is 1.55. The molecule has 20 heavy (non-hydrogen) atoms. The SMILES string of the molecule is C=NNC(=NN)c1cc([N+](=O)[O-])ccc1-c1nn[nH]n1. The molecule has 1 aromatic heterocycles. The van der Waals surface area contributed by atoms with E-state index >= 15 is 0 Å². The van der Waals surface area contributed by atoms with Crippen molar-refractivity contribution in [1.82, 2.24) is 26.0 Å². The van der Waals surface area contributed by atoms with Crippen molar-refractivity contribution in [3.05, 3.63) is 33.9 Å². The molecule has 0 fully saturated rings. The van der Waals surface area contributed by atoms with Crippen LogP contribution >= 0.6 is 0 Å².